The van der Waals surface area contributed by atoms with Gasteiger partial charge < -0.3 is 15.5 Å². The molecule has 6 nitrogen and oxygen atoms in total. The Morgan fingerprint density at radius 1 is 1.35 bits per heavy atom. The average molecular weight is 279 g/mol. The number of hydrogen-bond acceptors (Lipinski definition) is 5. The summed E-state index contributed by atoms with van der Waals surface area (Å²) in [4.78, 5) is 22.9. The molecule has 1 rings (SSSR count). The predicted octanol–water partition coefficient (Wildman–Crippen LogP) is 1.32. The summed E-state index contributed by atoms with van der Waals surface area (Å²) in [6.07, 6.45) is 1.66. The van der Waals surface area contributed by atoms with Gasteiger partial charge in [-0.2, -0.15) is 0 Å². The molecule has 0 aromatic carbocycles. The first kappa shape index (κ1) is 16.4. The highest BCUT2D eigenvalue weighted by molar-refractivity contribution is 5.97. The molecule has 1 unspecified atom stereocenters. The van der Waals surface area contributed by atoms with E-state index in [1.807, 2.05) is 27.9 Å². The largest absolute Gasteiger partial charge is 0.385 e. The molecule has 0 saturated heterocycles. The summed E-state index contributed by atoms with van der Waals surface area (Å²) in [5, 5.41) is 5.87. The number of nitrogens with zero attached hydrogens (tertiary/aromatic N) is 3. The van der Waals surface area contributed by atoms with Gasteiger partial charge in [0, 0.05) is 25.6 Å². The van der Waals surface area contributed by atoms with Crippen LogP contribution in [0.3, 0.4) is 0 Å². The van der Waals surface area contributed by atoms with Gasteiger partial charge >= 0.3 is 0 Å². The fourth-order valence-electron chi connectivity index (χ4n) is 1.54. The molecule has 0 spiro atoms. The highest BCUT2D eigenvalue weighted by Crippen LogP contribution is 2.15. The van der Waals surface area contributed by atoms with E-state index >= 15 is 0 Å². The van der Waals surface area contributed by atoms with E-state index in [9.17, 15) is 4.79 Å². The van der Waals surface area contributed by atoms with E-state index in [2.05, 4.69) is 32.4 Å². The summed E-state index contributed by atoms with van der Waals surface area (Å²) >= 11 is 0. The van der Waals surface area contributed by atoms with Crippen LogP contribution in [0.5, 0.6) is 0 Å². The number of anilines is 1. The van der Waals surface area contributed by atoms with Crippen molar-refractivity contribution in [2.45, 2.75) is 32.7 Å². The van der Waals surface area contributed by atoms with E-state index in [1.54, 1.807) is 13.2 Å². The first-order chi connectivity index (χ1) is 9.36. The minimum atomic E-state index is -0.174. The van der Waals surface area contributed by atoms with Crippen LogP contribution in [0.4, 0.5) is 5.69 Å². The van der Waals surface area contributed by atoms with Gasteiger partial charge in [0.1, 0.15) is 5.82 Å². The Balaban J connectivity index is 2.87. The fourth-order valence-corrected chi connectivity index (χ4v) is 1.54. The number of rotatable bonds is 6. The Morgan fingerprint density at radius 3 is 2.50 bits per heavy atom. The van der Waals surface area contributed by atoms with Gasteiger partial charge in [0.25, 0.3) is 5.91 Å². The van der Waals surface area contributed by atoms with E-state index in [1.165, 1.54) is 0 Å². The molecule has 0 fully saturated rings. The third-order valence-electron chi connectivity index (χ3n) is 3.25. The van der Waals surface area contributed by atoms with Crippen molar-refractivity contribution >= 4 is 11.6 Å². The van der Waals surface area contributed by atoms with Gasteiger partial charge in [-0.3, -0.25) is 4.79 Å². The van der Waals surface area contributed by atoms with Gasteiger partial charge in [-0.15, -0.1) is 0 Å². The number of hydrogen-bond donors (Lipinski definition) is 2. The number of amides is 1. The molecule has 20 heavy (non-hydrogen) atoms. The van der Waals surface area contributed by atoms with Crippen molar-refractivity contribution in [3.05, 3.63) is 17.7 Å². The van der Waals surface area contributed by atoms with Crippen LogP contribution >= 0.6 is 0 Å². The van der Waals surface area contributed by atoms with Gasteiger partial charge in [-0.1, -0.05) is 13.8 Å². The SMILES string of the molecule is CNc1cnc(C(C)C)nc1C(=O)NCC(C)N(C)C. The monoisotopic (exact) mass is 279 g/mol. The van der Waals surface area contributed by atoms with Crippen LogP contribution in [0.1, 0.15) is 43.0 Å². The molecule has 2 N–H and O–H groups in total. The maximum Gasteiger partial charge on any atom is 0.272 e. The maximum absolute atomic E-state index is 12.3. The Morgan fingerprint density at radius 2 is 2.00 bits per heavy atom. The third kappa shape index (κ3) is 4.16. The second kappa shape index (κ2) is 7.19. The van der Waals surface area contributed by atoms with Crippen LogP contribution in [0.2, 0.25) is 0 Å². The molecule has 1 aromatic rings. The second-order valence-corrected chi connectivity index (χ2v) is 5.42. The Kier molecular flexibility index (Phi) is 5.88. The number of likely N-dealkylation sites (N-methyl/N-ethyl adjacent to an activating group) is 1. The molecule has 1 heterocycles. The van der Waals surface area contributed by atoms with Gasteiger partial charge in [-0.05, 0) is 21.0 Å². The minimum Gasteiger partial charge on any atom is -0.385 e. The molecule has 0 saturated carbocycles. The third-order valence-corrected chi connectivity index (χ3v) is 3.25. The molecule has 0 aliphatic carbocycles. The van der Waals surface area contributed by atoms with Gasteiger partial charge in [0.05, 0.1) is 11.9 Å². The second-order valence-electron chi connectivity index (χ2n) is 5.42. The molecule has 0 bridgehead atoms. The molecule has 112 valence electrons. The Labute approximate surface area is 121 Å². The van der Waals surface area contributed by atoms with Crippen LogP contribution in [-0.4, -0.2) is 54.5 Å². The zero-order valence-electron chi connectivity index (χ0n) is 13.2. The lowest BCUT2D eigenvalue weighted by Gasteiger charge is -2.20. The van der Waals surface area contributed by atoms with Crippen molar-refractivity contribution in [1.29, 1.82) is 0 Å². The standard InChI is InChI=1S/C14H25N5O/c1-9(2)13-16-8-11(15-4)12(18-13)14(20)17-7-10(3)19(5)6/h8-10,15H,7H2,1-6H3,(H,17,20). The quantitative estimate of drug-likeness (QED) is 0.822. The van der Waals surface area contributed by atoms with Crippen LogP contribution in [0.25, 0.3) is 0 Å². The first-order valence-corrected chi connectivity index (χ1v) is 6.86. The lowest BCUT2D eigenvalue weighted by atomic mass is 10.2. The zero-order chi connectivity index (χ0) is 15.3. The van der Waals surface area contributed by atoms with Crippen molar-refractivity contribution in [3.8, 4) is 0 Å². The summed E-state index contributed by atoms with van der Waals surface area (Å²) in [5.74, 6) is 0.690. The number of aromatic nitrogens is 2. The molecule has 6 heteroatoms. The van der Waals surface area contributed by atoms with Gasteiger partial charge in [-0.25, -0.2) is 9.97 Å². The van der Waals surface area contributed by atoms with Crippen LogP contribution in [0, 0.1) is 0 Å². The zero-order valence-corrected chi connectivity index (χ0v) is 13.2. The predicted molar refractivity (Wildman–Crippen MR) is 81.1 cm³/mol. The molecule has 1 aromatic heterocycles. The summed E-state index contributed by atoms with van der Waals surface area (Å²) in [5.41, 5.74) is 1.04. The van der Waals surface area contributed by atoms with E-state index in [0.717, 1.165) is 0 Å². The summed E-state index contributed by atoms with van der Waals surface area (Å²) in [6, 6.07) is 0.267. The lowest BCUT2D eigenvalue weighted by molar-refractivity contribution is 0.0939. The number of nitrogens with one attached hydrogen (secondary N) is 2. The van der Waals surface area contributed by atoms with Crippen molar-refractivity contribution in [1.82, 2.24) is 20.2 Å². The van der Waals surface area contributed by atoms with E-state index in [4.69, 9.17) is 0 Å². The minimum absolute atomic E-state index is 0.174. The average Bonchev–Trinajstić information content (AvgIpc) is 2.43. The van der Waals surface area contributed by atoms with Crippen LogP contribution in [-0.2, 0) is 0 Å². The fraction of sp³-hybridized carbons (Fsp3) is 0.643. The van der Waals surface area contributed by atoms with Crippen molar-refractivity contribution in [3.63, 3.8) is 0 Å². The van der Waals surface area contributed by atoms with E-state index in [-0.39, 0.29) is 17.9 Å². The van der Waals surface area contributed by atoms with Gasteiger partial charge in [0.15, 0.2) is 5.69 Å². The summed E-state index contributed by atoms with van der Waals surface area (Å²) < 4.78 is 0. The highest BCUT2D eigenvalue weighted by atomic mass is 16.1. The Hall–Kier alpha value is -1.69. The molecule has 1 amide bonds. The first-order valence-electron chi connectivity index (χ1n) is 6.86. The molecule has 0 aliphatic heterocycles. The van der Waals surface area contributed by atoms with E-state index < -0.39 is 0 Å². The normalized spacial score (nSPS) is 12.6. The summed E-state index contributed by atoms with van der Waals surface area (Å²) in [6.45, 7) is 6.64. The number of carbonyl (C=O) groups excluding carboxylic acids is 1. The van der Waals surface area contributed by atoms with Gasteiger partial charge in [0.2, 0.25) is 0 Å². The van der Waals surface area contributed by atoms with Crippen molar-refractivity contribution < 1.29 is 4.79 Å². The summed E-state index contributed by atoms with van der Waals surface area (Å²) in [7, 11) is 5.72. The molecular weight excluding hydrogens is 254 g/mol. The van der Waals surface area contributed by atoms with Crippen molar-refractivity contribution in [2.75, 3.05) is 33.0 Å². The molecular formula is C14H25N5O. The van der Waals surface area contributed by atoms with Crippen LogP contribution < -0.4 is 10.6 Å². The lowest BCUT2D eigenvalue weighted by Crippen LogP contribution is -2.38. The maximum atomic E-state index is 12.3. The smallest absolute Gasteiger partial charge is 0.272 e. The molecule has 0 radical (unpaired) electrons. The number of carbonyl (C=O) groups is 1. The van der Waals surface area contributed by atoms with E-state index in [0.29, 0.717) is 23.8 Å². The molecule has 1 atom stereocenters. The highest BCUT2D eigenvalue weighted by Gasteiger charge is 2.16. The molecule has 0 aliphatic rings. The topological polar surface area (TPSA) is 70.1 Å². The Bertz CT molecular complexity index is 459. The van der Waals surface area contributed by atoms with Crippen LogP contribution in [0.15, 0.2) is 6.20 Å². The van der Waals surface area contributed by atoms with Crippen molar-refractivity contribution in [2.24, 2.45) is 0 Å².